The molecule has 0 saturated carbocycles. The molecule has 0 aliphatic heterocycles. The smallest absolute Gasteiger partial charge is 0.244 e. The minimum absolute atomic E-state index is 0.254. The van der Waals surface area contributed by atoms with E-state index in [0.717, 1.165) is 22.9 Å². The molecule has 2 aromatic rings. The van der Waals surface area contributed by atoms with Crippen molar-refractivity contribution in [3.05, 3.63) is 59.2 Å². The highest BCUT2D eigenvalue weighted by molar-refractivity contribution is 7.92. The minimum Gasteiger partial charge on any atom is -0.496 e. The predicted octanol–water partition coefficient (Wildman–Crippen LogP) is 3.17. The Balaban J connectivity index is 2.30. The molecule has 0 radical (unpaired) electrons. The van der Waals surface area contributed by atoms with Gasteiger partial charge in [-0.1, -0.05) is 31.2 Å². The molecule has 0 bridgehead atoms. The number of ether oxygens (including phenoxy) is 1. The number of nitrogens with zero attached hydrogens (tertiary/aromatic N) is 1. The molecule has 0 aliphatic rings. The van der Waals surface area contributed by atoms with Crippen LogP contribution in [0.1, 0.15) is 30.0 Å². The van der Waals surface area contributed by atoms with Crippen LogP contribution in [-0.2, 0) is 21.4 Å². The molecule has 0 aromatic heterocycles. The van der Waals surface area contributed by atoms with E-state index < -0.39 is 16.1 Å². The maximum atomic E-state index is 12.9. The molecule has 0 aliphatic carbocycles. The molecule has 152 valence electrons. The third-order valence-corrected chi connectivity index (χ3v) is 5.90. The van der Waals surface area contributed by atoms with Gasteiger partial charge in [0.15, 0.2) is 0 Å². The lowest BCUT2D eigenvalue weighted by atomic mass is 10.1. The third-order valence-electron chi connectivity index (χ3n) is 4.72. The first-order valence-electron chi connectivity index (χ1n) is 9.15. The Morgan fingerprint density at radius 3 is 2.39 bits per heavy atom. The Labute approximate surface area is 167 Å². The van der Waals surface area contributed by atoms with Crippen molar-refractivity contribution in [1.29, 1.82) is 0 Å². The molecular formula is C21H28N2O4S. The zero-order valence-corrected chi connectivity index (χ0v) is 17.8. The lowest BCUT2D eigenvalue weighted by Gasteiger charge is -2.30. The number of hydrogen-bond donors (Lipinski definition) is 1. The number of methoxy groups -OCH3 is 1. The van der Waals surface area contributed by atoms with Crippen molar-refractivity contribution in [2.45, 2.75) is 39.8 Å². The van der Waals surface area contributed by atoms with Crippen molar-refractivity contribution in [2.75, 3.05) is 17.7 Å². The van der Waals surface area contributed by atoms with Gasteiger partial charge in [0.25, 0.3) is 0 Å². The van der Waals surface area contributed by atoms with Crippen LogP contribution in [-0.4, -0.2) is 33.7 Å². The largest absolute Gasteiger partial charge is 0.496 e. The maximum Gasteiger partial charge on any atom is 0.244 e. The predicted molar refractivity (Wildman–Crippen MR) is 112 cm³/mol. The molecular weight excluding hydrogens is 376 g/mol. The van der Waals surface area contributed by atoms with E-state index in [4.69, 9.17) is 4.74 Å². The summed E-state index contributed by atoms with van der Waals surface area (Å²) in [6.07, 6.45) is 1.47. The van der Waals surface area contributed by atoms with E-state index in [1.165, 1.54) is 4.31 Å². The summed E-state index contributed by atoms with van der Waals surface area (Å²) in [5, 5.41) is 2.85. The number of rotatable bonds is 8. The van der Waals surface area contributed by atoms with E-state index >= 15 is 0 Å². The Morgan fingerprint density at radius 2 is 1.82 bits per heavy atom. The van der Waals surface area contributed by atoms with Crippen LogP contribution in [0.4, 0.5) is 5.69 Å². The average Bonchev–Trinajstić information content (AvgIpc) is 2.65. The fourth-order valence-electron chi connectivity index (χ4n) is 3.07. The van der Waals surface area contributed by atoms with E-state index in [2.05, 4.69) is 5.32 Å². The van der Waals surface area contributed by atoms with Crippen molar-refractivity contribution >= 4 is 21.6 Å². The molecule has 0 heterocycles. The summed E-state index contributed by atoms with van der Waals surface area (Å²) in [7, 11) is -2.08. The van der Waals surface area contributed by atoms with Crippen molar-refractivity contribution < 1.29 is 17.9 Å². The Morgan fingerprint density at radius 1 is 1.14 bits per heavy atom. The van der Waals surface area contributed by atoms with Crippen molar-refractivity contribution in [2.24, 2.45) is 0 Å². The molecule has 7 heteroatoms. The first kappa shape index (κ1) is 21.8. The lowest BCUT2D eigenvalue weighted by molar-refractivity contribution is -0.122. The third kappa shape index (κ3) is 5.04. The van der Waals surface area contributed by atoms with Crippen LogP contribution >= 0.6 is 0 Å². The van der Waals surface area contributed by atoms with Gasteiger partial charge in [0, 0.05) is 12.1 Å². The Kier molecular flexibility index (Phi) is 7.07. The topological polar surface area (TPSA) is 75.7 Å². The van der Waals surface area contributed by atoms with Crippen LogP contribution in [0.2, 0.25) is 0 Å². The van der Waals surface area contributed by atoms with Crippen LogP contribution in [0, 0.1) is 13.8 Å². The normalized spacial score (nSPS) is 12.3. The van der Waals surface area contributed by atoms with Gasteiger partial charge in [0.1, 0.15) is 11.8 Å². The molecule has 0 saturated heterocycles. The molecule has 0 spiro atoms. The second-order valence-electron chi connectivity index (χ2n) is 6.78. The van der Waals surface area contributed by atoms with Gasteiger partial charge in [0.2, 0.25) is 15.9 Å². The number of para-hydroxylation sites is 1. The molecule has 1 atom stereocenters. The number of amides is 1. The SMILES string of the molecule is CC[C@H](C(=O)NCc1ccccc1OC)N(c1ccc(C)c(C)c1)S(C)(=O)=O. The number of benzene rings is 2. The van der Waals surface area contributed by atoms with E-state index in [9.17, 15) is 13.2 Å². The number of sulfonamides is 1. The van der Waals surface area contributed by atoms with Crippen LogP contribution in [0.3, 0.4) is 0 Å². The summed E-state index contributed by atoms with van der Waals surface area (Å²) >= 11 is 0. The molecule has 0 fully saturated rings. The summed E-state index contributed by atoms with van der Waals surface area (Å²) in [4.78, 5) is 12.9. The first-order valence-corrected chi connectivity index (χ1v) is 11.0. The number of aryl methyl sites for hydroxylation is 2. The monoisotopic (exact) mass is 404 g/mol. The number of nitrogens with one attached hydrogen (secondary N) is 1. The van der Waals surface area contributed by atoms with Crippen LogP contribution in [0.15, 0.2) is 42.5 Å². The minimum atomic E-state index is -3.65. The zero-order valence-electron chi connectivity index (χ0n) is 17.0. The van der Waals surface area contributed by atoms with Gasteiger partial charge in [-0.3, -0.25) is 9.10 Å². The summed E-state index contributed by atoms with van der Waals surface area (Å²) in [6.45, 7) is 5.93. The molecule has 2 rings (SSSR count). The van der Waals surface area contributed by atoms with Crippen LogP contribution in [0.5, 0.6) is 5.75 Å². The summed E-state index contributed by atoms with van der Waals surface area (Å²) < 4.78 is 31.6. The van der Waals surface area contributed by atoms with Gasteiger partial charge in [0.05, 0.1) is 19.1 Å². The molecule has 1 N–H and O–H groups in total. The molecule has 28 heavy (non-hydrogen) atoms. The van der Waals surface area contributed by atoms with Gasteiger partial charge in [-0.2, -0.15) is 0 Å². The number of anilines is 1. The molecule has 6 nitrogen and oxygen atoms in total. The van der Waals surface area contributed by atoms with Crippen molar-refractivity contribution in [1.82, 2.24) is 5.32 Å². The Hall–Kier alpha value is -2.54. The second kappa shape index (κ2) is 9.10. The highest BCUT2D eigenvalue weighted by Gasteiger charge is 2.31. The van der Waals surface area contributed by atoms with E-state index in [1.807, 2.05) is 44.2 Å². The second-order valence-corrected chi connectivity index (χ2v) is 8.64. The van der Waals surface area contributed by atoms with E-state index in [0.29, 0.717) is 17.9 Å². The van der Waals surface area contributed by atoms with Crippen molar-refractivity contribution in [3.63, 3.8) is 0 Å². The van der Waals surface area contributed by atoms with Gasteiger partial charge >= 0.3 is 0 Å². The highest BCUT2D eigenvalue weighted by atomic mass is 32.2. The van der Waals surface area contributed by atoms with Gasteiger partial charge in [-0.15, -0.1) is 0 Å². The number of carbonyl (C=O) groups is 1. The molecule has 0 unspecified atom stereocenters. The fourth-order valence-corrected chi connectivity index (χ4v) is 4.28. The number of hydrogen-bond acceptors (Lipinski definition) is 4. The summed E-state index contributed by atoms with van der Waals surface area (Å²) in [5.41, 5.74) is 3.34. The van der Waals surface area contributed by atoms with Crippen molar-refractivity contribution in [3.8, 4) is 5.75 Å². The van der Waals surface area contributed by atoms with Crippen LogP contribution < -0.4 is 14.4 Å². The van der Waals surface area contributed by atoms with E-state index in [1.54, 1.807) is 26.2 Å². The summed E-state index contributed by atoms with van der Waals surface area (Å²) in [6, 6.07) is 11.9. The number of carbonyl (C=O) groups excluding carboxylic acids is 1. The quantitative estimate of drug-likeness (QED) is 0.733. The average molecular weight is 405 g/mol. The van der Waals surface area contributed by atoms with Gasteiger partial charge in [-0.05, 0) is 49.6 Å². The van der Waals surface area contributed by atoms with Gasteiger partial charge < -0.3 is 10.1 Å². The highest BCUT2D eigenvalue weighted by Crippen LogP contribution is 2.25. The summed E-state index contributed by atoms with van der Waals surface area (Å²) in [5.74, 6) is 0.321. The standard InChI is InChI=1S/C21H28N2O4S/c1-6-19(21(24)22-14-17-9-7-8-10-20(17)27-4)23(28(5,25)26)18-12-11-15(2)16(3)13-18/h7-13,19H,6,14H2,1-5H3,(H,22,24)/t19-/m1/s1. The first-order chi connectivity index (χ1) is 13.2. The van der Waals surface area contributed by atoms with Gasteiger partial charge in [-0.25, -0.2) is 8.42 Å². The van der Waals surface area contributed by atoms with E-state index in [-0.39, 0.29) is 12.5 Å². The zero-order chi connectivity index (χ0) is 20.9. The molecule has 1 amide bonds. The Bertz CT molecular complexity index is 941. The lowest BCUT2D eigenvalue weighted by Crippen LogP contribution is -2.49. The fraction of sp³-hybridized carbons (Fsp3) is 0.381. The molecule has 2 aromatic carbocycles. The van der Waals surface area contributed by atoms with Crippen LogP contribution in [0.25, 0.3) is 0 Å². The maximum absolute atomic E-state index is 12.9.